The van der Waals surface area contributed by atoms with Gasteiger partial charge in [0.1, 0.15) is 5.75 Å². The molecule has 0 aliphatic carbocycles. The van der Waals surface area contributed by atoms with Crippen LogP contribution in [0.25, 0.3) is 10.8 Å². The van der Waals surface area contributed by atoms with Crippen LogP contribution in [-0.4, -0.2) is 17.5 Å². The van der Waals surface area contributed by atoms with Gasteiger partial charge < -0.3 is 4.74 Å². The van der Waals surface area contributed by atoms with Crippen molar-refractivity contribution in [2.24, 2.45) is 0 Å². The maximum atomic E-state index is 11.8. The van der Waals surface area contributed by atoms with E-state index in [4.69, 9.17) is 4.74 Å². The van der Waals surface area contributed by atoms with Gasteiger partial charge in [0.05, 0.1) is 9.98 Å². The number of thiazole rings is 1. The van der Waals surface area contributed by atoms with E-state index >= 15 is 0 Å². The normalized spacial score (nSPS) is 10.5. The Kier molecular flexibility index (Phi) is 4.17. The molecule has 0 fully saturated rings. The van der Waals surface area contributed by atoms with Gasteiger partial charge in [0.15, 0.2) is 11.7 Å². The van der Waals surface area contributed by atoms with E-state index < -0.39 is 0 Å². The fraction of sp³-hybridized carbons (Fsp3) is 0.0667. The Morgan fingerprint density at radius 2 is 2.05 bits per heavy atom. The highest BCUT2D eigenvalue weighted by Gasteiger charge is 2.08. The SMILES string of the molecule is O=C(COc1cccc2ccccc12)Nc1ncc(Br)s1. The minimum atomic E-state index is -0.232. The first-order valence-corrected chi connectivity index (χ1v) is 7.85. The fourth-order valence-electron chi connectivity index (χ4n) is 1.93. The Bertz CT molecular complexity index is 783. The van der Waals surface area contributed by atoms with Crippen LogP contribution >= 0.6 is 27.3 Å². The first-order chi connectivity index (χ1) is 10.2. The molecule has 3 rings (SSSR count). The zero-order chi connectivity index (χ0) is 14.7. The standard InChI is InChI=1S/C15H11BrN2O2S/c16-13-8-17-15(21-13)18-14(19)9-20-12-7-3-5-10-4-1-2-6-11(10)12/h1-8H,9H2,(H,17,18,19). The van der Waals surface area contributed by atoms with Crippen LogP contribution in [0.2, 0.25) is 0 Å². The summed E-state index contributed by atoms with van der Waals surface area (Å²) in [5.74, 6) is 0.466. The van der Waals surface area contributed by atoms with Gasteiger partial charge in [0.2, 0.25) is 0 Å². The Morgan fingerprint density at radius 3 is 2.86 bits per heavy atom. The third-order valence-electron chi connectivity index (χ3n) is 2.83. The fourth-order valence-corrected chi connectivity index (χ4v) is 3.06. The molecule has 0 saturated heterocycles. The van der Waals surface area contributed by atoms with Gasteiger partial charge in [-0.25, -0.2) is 4.98 Å². The molecule has 1 N–H and O–H groups in total. The molecule has 0 aliphatic rings. The average molecular weight is 363 g/mol. The monoisotopic (exact) mass is 362 g/mol. The number of aromatic nitrogens is 1. The molecule has 0 radical (unpaired) electrons. The lowest BCUT2D eigenvalue weighted by Crippen LogP contribution is -2.20. The number of ether oxygens (including phenoxy) is 1. The van der Waals surface area contributed by atoms with Crippen LogP contribution in [0.15, 0.2) is 52.4 Å². The Morgan fingerprint density at radius 1 is 1.24 bits per heavy atom. The summed E-state index contributed by atoms with van der Waals surface area (Å²) in [7, 11) is 0. The largest absolute Gasteiger partial charge is 0.483 e. The van der Waals surface area contributed by atoms with Gasteiger partial charge in [-0.05, 0) is 27.4 Å². The number of halogens is 1. The van der Waals surface area contributed by atoms with Crippen LogP contribution in [0.3, 0.4) is 0 Å². The van der Waals surface area contributed by atoms with Gasteiger partial charge >= 0.3 is 0 Å². The van der Waals surface area contributed by atoms with Crippen molar-refractivity contribution in [2.45, 2.75) is 0 Å². The predicted molar refractivity (Wildman–Crippen MR) is 87.9 cm³/mol. The number of nitrogens with one attached hydrogen (secondary N) is 1. The summed E-state index contributed by atoms with van der Waals surface area (Å²) in [4.78, 5) is 15.9. The zero-order valence-electron chi connectivity index (χ0n) is 10.9. The molecule has 3 aromatic rings. The van der Waals surface area contributed by atoms with E-state index in [1.165, 1.54) is 11.3 Å². The van der Waals surface area contributed by atoms with E-state index in [-0.39, 0.29) is 12.5 Å². The highest BCUT2D eigenvalue weighted by Crippen LogP contribution is 2.25. The smallest absolute Gasteiger partial charge is 0.264 e. The molecular formula is C15H11BrN2O2S. The molecule has 106 valence electrons. The van der Waals surface area contributed by atoms with E-state index in [1.54, 1.807) is 6.20 Å². The number of carbonyl (C=O) groups excluding carboxylic acids is 1. The maximum absolute atomic E-state index is 11.8. The average Bonchev–Trinajstić information content (AvgIpc) is 2.90. The van der Waals surface area contributed by atoms with Crippen molar-refractivity contribution in [3.63, 3.8) is 0 Å². The number of carbonyl (C=O) groups is 1. The third-order valence-corrected chi connectivity index (χ3v) is 4.22. The molecule has 1 aromatic heterocycles. The van der Waals surface area contributed by atoms with Crippen LogP contribution < -0.4 is 10.1 Å². The molecule has 0 aliphatic heterocycles. The maximum Gasteiger partial charge on any atom is 0.264 e. The molecule has 2 aromatic carbocycles. The van der Waals surface area contributed by atoms with Gasteiger partial charge in [0.25, 0.3) is 5.91 Å². The van der Waals surface area contributed by atoms with E-state index in [9.17, 15) is 4.79 Å². The minimum absolute atomic E-state index is 0.0504. The molecule has 0 bridgehead atoms. The lowest BCUT2D eigenvalue weighted by atomic mass is 10.1. The molecule has 1 amide bonds. The quantitative estimate of drug-likeness (QED) is 0.760. The number of nitrogens with zero attached hydrogens (tertiary/aromatic N) is 1. The molecule has 0 unspecified atom stereocenters. The summed E-state index contributed by atoms with van der Waals surface area (Å²) >= 11 is 4.66. The zero-order valence-corrected chi connectivity index (χ0v) is 13.3. The Balaban J connectivity index is 1.67. The third kappa shape index (κ3) is 3.40. The number of anilines is 1. The Labute approximate surface area is 133 Å². The van der Waals surface area contributed by atoms with E-state index in [1.807, 2.05) is 42.5 Å². The van der Waals surface area contributed by atoms with Gasteiger partial charge in [-0.15, -0.1) is 0 Å². The summed E-state index contributed by atoms with van der Waals surface area (Å²) in [6, 6.07) is 13.7. The van der Waals surface area contributed by atoms with Gasteiger partial charge in [0, 0.05) is 5.39 Å². The van der Waals surface area contributed by atoms with Crippen molar-refractivity contribution >= 4 is 49.1 Å². The second kappa shape index (κ2) is 6.24. The number of rotatable bonds is 4. The van der Waals surface area contributed by atoms with Crippen molar-refractivity contribution in [3.05, 3.63) is 52.4 Å². The summed E-state index contributed by atoms with van der Waals surface area (Å²) in [6.07, 6.45) is 1.64. The number of hydrogen-bond donors (Lipinski definition) is 1. The summed E-state index contributed by atoms with van der Waals surface area (Å²) in [6.45, 7) is -0.0504. The number of fused-ring (bicyclic) bond motifs is 1. The topological polar surface area (TPSA) is 51.2 Å². The van der Waals surface area contributed by atoms with Crippen LogP contribution in [0.1, 0.15) is 0 Å². The summed E-state index contributed by atoms with van der Waals surface area (Å²) in [5.41, 5.74) is 0. The minimum Gasteiger partial charge on any atom is -0.483 e. The number of benzene rings is 2. The molecule has 21 heavy (non-hydrogen) atoms. The van der Waals surface area contributed by atoms with E-state index in [2.05, 4.69) is 26.2 Å². The number of hydrogen-bond acceptors (Lipinski definition) is 4. The molecule has 0 saturated carbocycles. The molecule has 6 heteroatoms. The molecule has 0 spiro atoms. The predicted octanol–water partition coefficient (Wildman–Crippen LogP) is 4.08. The highest BCUT2D eigenvalue weighted by molar-refractivity contribution is 9.11. The molecule has 1 heterocycles. The highest BCUT2D eigenvalue weighted by atomic mass is 79.9. The van der Waals surface area contributed by atoms with Crippen molar-refractivity contribution in [1.82, 2.24) is 4.98 Å². The second-order valence-corrected chi connectivity index (χ2v) is 6.69. The van der Waals surface area contributed by atoms with Crippen molar-refractivity contribution in [1.29, 1.82) is 0 Å². The lowest BCUT2D eigenvalue weighted by Gasteiger charge is -2.08. The lowest BCUT2D eigenvalue weighted by molar-refractivity contribution is -0.118. The van der Waals surface area contributed by atoms with Crippen molar-refractivity contribution < 1.29 is 9.53 Å². The Hall–Kier alpha value is -1.92. The first-order valence-electron chi connectivity index (χ1n) is 6.24. The first kappa shape index (κ1) is 14.0. The van der Waals surface area contributed by atoms with Crippen LogP contribution in [-0.2, 0) is 4.79 Å². The van der Waals surface area contributed by atoms with Crippen molar-refractivity contribution in [2.75, 3.05) is 11.9 Å². The molecule has 0 atom stereocenters. The van der Waals surface area contributed by atoms with Crippen molar-refractivity contribution in [3.8, 4) is 5.75 Å². The van der Waals surface area contributed by atoms with Gasteiger partial charge in [-0.2, -0.15) is 0 Å². The molecule has 4 nitrogen and oxygen atoms in total. The summed E-state index contributed by atoms with van der Waals surface area (Å²) < 4.78 is 6.48. The van der Waals surface area contributed by atoms with E-state index in [0.29, 0.717) is 10.9 Å². The van der Waals surface area contributed by atoms with Gasteiger partial charge in [-0.3, -0.25) is 10.1 Å². The van der Waals surface area contributed by atoms with Crippen LogP contribution in [0.4, 0.5) is 5.13 Å². The van der Waals surface area contributed by atoms with E-state index in [0.717, 1.165) is 14.6 Å². The number of amides is 1. The summed E-state index contributed by atoms with van der Waals surface area (Å²) in [5, 5.41) is 5.32. The van der Waals surface area contributed by atoms with Gasteiger partial charge in [-0.1, -0.05) is 47.7 Å². The molecular weight excluding hydrogens is 352 g/mol. The second-order valence-electron chi connectivity index (χ2n) is 4.28. The van der Waals surface area contributed by atoms with Crippen LogP contribution in [0.5, 0.6) is 5.75 Å². The van der Waals surface area contributed by atoms with Crippen LogP contribution in [0, 0.1) is 0 Å².